The fraction of sp³-hybridized carbons (Fsp3) is 0.714. The molecule has 1 N–H and O–H groups in total. The summed E-state index contributed by atoms with van der Waals surface area (Å²) >= 11 is 1.98. The van der Waals surface area contributed by atoms with Crippen molar-refractivity contribution in [2.75, 3.05) is 13.1 Å². The van der Waals surface area contributed by atoms with Gasteiger partial charge in [-0.1, -0.05) is 13.8 Å². The number of aryl methyl sites for hydroxylation is 1. The summed E-state index contributed by atoms with van der Waals surface area (Å²) in [5.74, 6) is 0. The normalized spacial score (nSPS) is 26.3. The van der Waals surface area contributed by atoms with E-state index in [2.05, 4.69) is 43.1 Å². The molecule has 0 amide bonds. The maximum atomic E-state index is 3.61. The first kappa shape index (κ1) is 13.1. The third-order valence-electron chi connectivity index (χ3n) is 3.70. The van der Waals surface area contributed by atoms with Crippen molar-refractivity contribution in [2.45, 2.75) is 52.2 Å². The van der Waals surface area contributed by atoms with Gasteiger partial charge in [-0.2, -0.15) is 0 Å². The molecule has 1 aromatic heterocycles. The Bertz CT molecular complexity index is 348. The molecule has 1 aliphatic heterocycles. The highest BCUT2D eigenvalue weighted by Gasteiger charge is 2.23. The Balaban J connectivity index is 1.96. The Morgan fingerprint density at radius 1 is 1.35 bits per heavy atom. The fourth-order valence-electron chi connectivity index (χ4n) is 2.39. The molecule has 2 heterocycles. The van der Waals surface area contributed by atoms with E-state index in [4.69, 9.17) is 0 Å². The molecule has 2 nitrogen and oxygen atoms in total. The van der Waals surface area contributed by atoms with E-state index in [-0.39, 0.29) is 0 Å². The molecule has 0 aromatic carbocycles. The Hall–Kier alpha value is -0.380. The highest BCUT2D eigenvalue weighted by Crippen LogP contribution is 2.21. The zero-order valence-electron chi connectivity index (χ0n) is 11.2. The van der Waals surface area contributed by atoms with Crippen molar-refractivity contribution in [1.29, 1.82) is 0 Å². The lowest BCUT2D eigenvalue weighted by Crippen LogP contribution is -2.54. The second-order valence-electron chi connectivity index (χ2n) is 5.01. The molecular formula is C14H24N2S. The van der Waals surface area contributed by atoms with Gasteiger partial charge in [0.2, 0.25) is 0 Å². The van der Waals surface area contributed by atoms with Gasteiger partial charge in [-0.15, -0.1) is 11.3 Å². The van der Waals surface area contributed by atoms with Crippen LogP contribution in [0.4, 0.5) is 0 Å². The maximum Gasteiger partial charge on any atom is 0.0332 e. The van der Waals surface area contributed by atoms with Crippen LogP contribution >= 0.6 is 11.3 Å². The Morgan fingerprint density at radius 3 is 2.76 bits per heavy atom. The van der Waals surface area contributed by atoms with Crippen LogP contribution in [0.25, 0.3) is 0 Å². The first-order chi connectivity index (χ1) is 8.22. The van der Waals surface area contributed by atoms with Crippen LogP contribution < -0.4 is 5.32 Å². The molecule has 0 saturated carbocycles. The van der Waals surface area contributed by atoms with E-state index in [1.165, 1.54) is 29.1 Å². The minimum absolute atomic E-state index is 0.657. The SMILES string of the molecule is CCc1ccc(CN2CC(CC)NCC2C)s1. The number of nitrogens with zero attached hydrogens (tertiary/aromatic N) is 1. The molecule has 0 bridgehead atoms. The molecule has 17 heavy (non-hydrogen) atoms. The predicted octanol–water partition coefficient (Wildman–Crippen LogP) is 2.88. The van der Waals surface area contributed by atoms with Crippen molar-refractivity contribution in [1.82, 2.24) is 10.2 Å². The second kappa shape index (κ2) is 5.98. The van der Waals surface area contributed by atoms with Gasteiger partial charge in [-0.25, -0.2) is 0 Å². The molecule has 1 aromatic rings. The molecule has 0 aliphatic carbocycles. The number of hydrogen-bond acceptors (Lipinski definition) is 3. The first-order valence-corrected chi connectivity index (χ1v) is 7.59. The number of piperazine rings is 1. The van der Waals surface area contributed by atoms with E-state index in [9.17, 15) is 0 Å². The minimum Gasteiger partial charge on any atom is -0.311 e. The molecule has 2 atom stereocenters. The van der Waals surface area contributed by atoms with Gasteiger partial charge in [0.25, 0.3) is 0 Å². The molecule has 3 heteroatoms. The summed E-state index contributed by atoms with van der Waals surface area (Å²) < 4.78 is 0. The quantitative estimate of drug-likeness (QED) is 0.886. The number of thiophene rings is 1. The molecule has 2 unspecified atom stereocenters. The Kier molecular flexibility index (Phi) is 4.60. The first-order valence-electron chi connectivity index (χ1n) is 6.78. The van der Waals surface area contributed by atoms with Crippen molar-refractivity contribution in [2.24, 2.45) is 0 Å². The van der Waals surface area contributed by atoms with Gasteiger partial charge in [0.15, 0.2) is 0 Å². The molecule has 1 saturated heterocycles. The monoisotopic (exact) mass is 252 g/mol. The Morgan fingerprint density at radius 2 is 2.12 bits per heavy atom. The van der Waals surface area contributed by atoms with Gasteiger partial charge < -0.3 is 5.32 Å². The van der Waals surface area contributed by atoms with E-state index >= 15 is 0 Å². The highest BCUT2D eigenvalue weighted by molar-refractivity contribution is 7.11. The van der Waals surface area contributed by atoms with Crippen LogP contribution in [-0.2, 0) is 13.0 Å². The van der Waals surface area contributed by atoms with Crippen LogP contribution in [0, 0.1) is 0 Å². The zero-order valence-corrected chi connectivity index (χ0v) is 12.0. The number of hydrogen-bond donors (Lipinski definition) is 1. The molecule has 0 spiro atoms. The fourth-order valence-corrected chi connectivity index (χ4v) is 3.37. The summed E-state index contributed by atoms with van der Waals surface area (Å²) in [6, 6.07) is 5.92. The molecular weight excluding hydrogens is 228 g/mol. The summed E-state index contributed by atoms with van der Waals surface area (Å²) in [7, 11) is 0. The topological polar surface area (TPSA) is 15.3 Å². The zero-order chi connectivity index (χ0) is 12.3. The molecule has 2 rings (SSSR count). The van der Waals surface area contributed by atoms with Crippen LogP contribution in [0.2, 0.25) is 0 Å². The maximum absolute atomic E-state index is 3.61. The van der Waals surface area contributed by atoms with E-state index in [0.29, 0.717) is 12.1 Å². The largest absolute Gasteiger partial charge is 0.311 e. The Labute approximate surface area is 109 Å². The second-order valence-corrected chi connectivity index (χ2v) is 6.27. The third-order valence-corrected chi connectivity index (χ3v) is 4.91. The van der Waals surface area contributed by atoms with Crippen molar-refractivity contribution >= 4 is 11.3 Å². The lowest BCUT2D eigenvalue weighted by molar-refractivity contribution is 0.133. The van der Waals surface area contributed by atoms with Crippen LogP contribution in [0.5, 0.6) is 0 Å². The van der Waals surface area contributed by atoms with Crippen molar-refractivity contribution in [3.05, 3.63) is 21.9 Å². The summed E-state index contributed by atoms with van der Waals surface area (Å²) in [4.78, 5) is 5.65. The van der Waals surface area contributed by atoms with Crippen LogP contribution in [0.1, 0.15) is 36.9 Å². The van der Waals surface area contributed by atoms with Crippen LogP contribution in [0.3, 0.4) is 0 Å². The van der Waals surface area contributed by atoms with Gasteiger partial charge in [-0.05, 0) is 31.9 Å². The standard InChI is InChI=1S/C14H24N2S/c1-4-12-9-16(11(3)8-15-12)10-14-7-6-13(5-2)17-14/h6-7,11-12,15H,4-5,8-10H2,1-3H3. The summed E-state index contributed by atoms with van der Waals surface area (Å²) in [5.41, 5.74) is 0. The van der Waals surface area contributed by atoms with E-state index in [0.717, 1.165) is 13.1 Å². The van der Waals surface area contributed by atoms with Gasteiger partial charge in [-0.3, -0.25) is 4.90 Å². The summed E-state index contributed by atoms with van der Waals surface area (Å²) in [6.07, 6.45) is 2.40. The van der Waals surface area contributed by atoms with E-state index in [1.54, 1.807) is 0 Å². The van der Waals surface area contributed by atoms with Crippen LogP contribution in [-0.4, -0.2) is 30.1 Å². The van der Waals surface area contributed by atoms with E-state index in [1.807, 2.05) is 11.3 Å². The van der Waals surface area contributed by atoms with Crippen LogP contribution in [0.15, 0.2) is 12.1 Å². The summed E-state index contributed by atoms with van der Waals surface area (Å²) in [5, 5.41) is 3.61. The molecule has 96 valence electrons. The lowest BCUT2D eigenvalue weighted by Gasteiger charge is -2.38. The average molecular weight is 252 g/mol. The lowest BCUT2D eigenvalue weighted by atomic mass is 10.1. The van der Waals surface area contributed by atoms with E-state index < -0.39 is 0 Å². The highest BCUT2D eigenvalue weighted by atomic mass is 32.1. The summed E-state index contributed by atoms with van der Waals surface area (Å²) in [6.45, 7) is 10.3. The number of rotatable bonds is 4. The van der Waals surface area contributed by atoms with Gasteiger partial charge in [0, 0.05) is 41.5 Å². The predicted molar refractivity (Wildman–Crippen MR) is 75.7 cm³/mol. The van der Waals surface area contributed by atoms with Crippen molar-refractivity contribution in [3.63, 3.8) is 0 Å². The van der Waals surface area contributed by atoms with Gasteiger partial charge in [0.1, 0.15) is 0 Å². The molecule has 1 aliphatic rings. The minimum atomic E-state index is 0.657. The van der Waals surface area contributed by atoms with Crippen molar-refractivity contribution in [3.8, 4) is 0 Å². The smallest absolute Gasteiger partial charge is 0.0332 e. The average Bonchev–Trinajstić information content (AvgIpc) is 2.80. The van der Waals surface area contributed by atoms with Gasteiger partial charge in [0.05, 0.1) is 0 Å². The third kappa shape index (κ3) is 3.30. The van der Waals surface area contributed by atoms with Crippen molar-refractivity contribution < 1.29 is 0 Å². The number of nitrogens with one attached hydrogen (secondary N) is 1. The van der Waals surface area contributed by atoms with Gasteiger partial charge >= 0.3 is 0 Å². The molecule has 0 radical (unpaired) electrons. The molecule has 1 fully saturated rings.